The average molecular weight is 490 g/mol. The third-order valence-corrected chi connectivity index (χ3v) is 5.92. The van der Waals surface area contributed by atoms with E-state index < -0.39 is 4.92 Å². The zero-order chi connectivity index (χ0) is 24.9. The molecule has 35 heavy (non-hydrogen) atoms. The van der Waals surface area contributed by atoms with Crippen molar-refractivity contribution in [3.63, 3.8) is 0 Å². The van der Waals surface area contributed by atoms with Crippen LogP contribution in [0.25, 0.3) is 6.08 Å². The molecule has 4 rings (SSSR count). The third kappa shape index (κ3) is 5.30. The van der Waals surface area contributed by atoms with Gasteiger partial charge in [0.2, 0.25) is 0 Å². The Bertz CT molecular complexity index is 1310. The Balaban J connectivity index is 1.54. The molecule has 1 atom stereocenters. The van der Waals surface area contributed by atoms with Crippen LogP contribution >= 0.6 is 12.2 Å². The van der Waals surface area contributed by atoms with Gasteiger partial charge in [-0.3, -0.25) is 19.8 Å². The van der Waals surface area contributed by atoms with Crippen LogP contribution in [-0.4, -0.2) is 28.0 Å². The Morgan fingerprint density at radius 3 is 2.60 bits per heavy atom. The molecule has 0 aliphatic carbocycles. The summed E-state index contributed by atoms with van der Waals surface area (Å²) in [5, 5.41) is 14.4. The van der Waals surface area contributed by atoms with E-state index in [1.807, 2.05) is 49.4 Å². The van der Waals surface area contributed by atoms with Crippen molar-refractivity contribution in [1.29, 1.82) is 0 Å². The Kier molecular flexibility index (Phi) is 7.07. The van der Waals surface area contributed by atoms with Gasteiger partial charge in [-0.15, -0.1) is 0 Å². The molecule has 178 valence electrons. The number of methoxy groups -OCH3 is 1. The summed E-state index contributed by atoms with van der Waals surface area (Å²) >= 11 is 5.44. The molecular weight excluding hydrogens is 466 g/mol. The van der Waals surface area contributed by atoms with Crippen LogP contribution in [-0.2, 0) is 11.4 Å². The van der Waals surface area contributed by atoms with Gasteiger partial charge >= 0.3 is 0 Å². The van der Waals surface area contributed by atoms with Gasteiger partial charge in [-0.1, -0.05) is 42.5 Å². The zero-order valence-electron chi connectivity index (χ0n) is 19.1. The minimum atomic E-state index is -0.474. The Hall–Kier alpha value is -4.24. The number of ether oxygens (including phenoxy) is 2. The number of non-ortho nitro benzene ring substituents is 1. The average Bonchev–Trinajstić information content (AvgIpc) is 3.15. The van der Waals surface area contributed by atoms with Gasteiger partial charge in [-0.05, 0) is 54.5 Å². The molecule has 3 aromatic rings. The summed E-state index contributed by atoms with van der Waals surface area (Å²) in [6.45, 7) is 2.05. The maximum atomic E-state index is 13.1. The van der Waals surface area contributed by atoms with Gasteiger partial charge in [0, 0.05) is 11.6 Å². The Morgan fingerprint density at radius 2 is 1.89 bits per heavy atom. The Labute approximate surface area is 207 Å². The lowest BCUT2D eigenvalue weighted by Gasteiger charge is -2.23. The number of thiocarbonyl (C=S) groups is 1. The first kappa shape index (κ1) is 23.9. The Morgan fingerprint density at radius 1 is 1.11 bits per heavy atom. The van der Waals surface area contributed by atoms with Crippen LogP contribution in [0.3, 0.4) is 0 Å². The van der Waals surface area contributed by atoms with Gasteiger partial charge in [0.15, 0.2) is 5.11 Å². The van der Waals surface area contributed by atoms with Crippen molar-refractivity contribution in [2.45, 2.75) is 19.6 Å². The highest BCUT2D eigenvalue weighted by Gasteiger charge is 2.34. The summed E-state index contributed by atoms with van der Waals surface area (Å²) in [5.41, 5.74) is 2.76. The van der Waals surface area contributed by atoms with Crippen molar-refractivity contribution >= 4 is 35.0 Å². The summed E-state index contributed by atoms with van der Waals surface area (Å²) in [6.07, 6.45) is 1.72. The van der Waals surface area contributed by atoms with Crippen LogP contribution in [0.1, 0.15) is 29.7 Å². The van der Waals surface area contributed by atoms with E-state index in [1.165, 1.54) is 12.1 Å². The van der Waals surface area contributed by atoms with E-state index in [9.17, 15) is 14.9 Å². The number of benzene rings is 3. The molecule has 0 spiro atoms. The third-order valence-electron chi connectivity index (χ3n) is 5.62. The smallest absolute Gasteiger partial charge is 0.277 e. The van der Waals surface area contributed by atoms with Crippen LogP contribution in [0, 0.1) is 10.1 Å². The van der Waals surface area contributed by atoms with Crippen LogP contribution < -0.4 is 14.8 Å². The summed E-state index contributed by atoms with van der Waals surface area (Å²) in [7, 11) is 1.55. The van der Waals surface area contributed by atoms with E-state index in [0.29, 0.717) is 22.3 Å². The summed E-state index contributed by atoms with van der Waals surface area (Å²) in [4.78, 5) is 25.2. The maximum absolute atomic E-state index is 13.1. The van der Waals surface area contributed by atoms with Crippen LogP contribution in [0.5, 0.6) is 11.5 Å². The molecular formula is C26H23N3O5S. The van der Waals surface area contributed by atoms with E-state index in [1.54, 1.807) is 36.3 Å². The van der Waals surface area contributed by atoms with Gasteiger partial charge < -0.3 is 14.8 Å². The number of hydrogen-bond acceptors (Lipinski definition) is 6. The molecule has 1 N–H and O–H groups in total. The number of nitrogens with one attached hydrogen (secondary N) is 1. The lowest BCUT2D eigenvalue weighted by Crippen LogP contribution is -2.33. The predicted octanol–water partition coefficient (Wildman–Crippen LogP) is 5.00. The summed E-state index contributed by atoms with van der Waals surface area (Å²) in [6, 6.07) is 20.9. The van der Waals surface area contributed by atoms with E-state index in [0.717, 1.165) is 16.7 Å². The minimum absolute atomic E-state index is 0.0518. The van der Waals surface area contributed by atoms with Crippen LogP contribution in [0.15, 0.2) is 78.5 Å². The second-order valence-corrected chi connectivity index (χ2v) is 8.25. The van der Waals surface area contributed by atoms with Crippen LogP contribution in [0.4, 0.5) is 5.69 Å². The fraction of sp³-hybridized carbons (Fsp3) is 0.154. The van der Waals surface area contributed by atoms with Gasteiger partial charge in [-0.2, -0.15) is 0 Å². The number of rotatable bonds is 8. The molecule has 1 saturated heterocycles. The molecule has 1 unspecified atom stereocenters. The number of nitro groups is 1. The second kappa shape index (κ2) is 10.4. The number of carbonyl (C=O) groups is 1. The van der Waals surface area contributed by atoms with Gasteiger partial charge in [-0.25, -0.2) is 0 Å². The summed E-state index contributed by atoms with van der Waals surface area (Å²) in [5.74, 6) is 0.753. The van der Waals surface area contributed by atoms with Crippen molar-refractivity contribution in [2.24, 2.45) is 0 Å². The molecule has 0 bridgehead atoms. The summed E-state index contributed by atoms with van der Waals surface area (Å²) < 4.78 is 11.2. The van der Waals surface area contributed by atoms with Crippen LogP contribution in [0.2, 0.25) is 0 Å². The first-order chi connectivity index (χ1) is 16.9. The SMILES string of the molecule is COc1ccc(/C=C2\NC(=S)N(C(C)c3ccccc3)C2=O)cc1COc1cccc([N+](=O)[O-])c1. The lowest BCUT2D eigenvalue weighted by molar-refractivity contribution is -0.384. The van der Waals surface area contributed by atoms with Crippen molar-refractivity contribution < 1.29 is 19.2 Å². The molecule has 3 aromatic carbocycles. The normalized spacial score (nSPS) is 15.1. The molecule has 0 saturated carbocycles. The highest BCUT2D eigenvalue weighted by Crippen LogP contribution is 2.28. The fourth-order valence-corrected chi connectivity index (χ4v) is 4.15. The quantitative estimate of drug-likeness (QED) is 0.206. The minimum Gasteiger partial charge on any atom is -0.496 e. The van der Waals surface area contributed by atoms with Crippen molar-refractivity contribution in [1.82, 2.24) is 10.2 Å². The monoisotopic (exact) mass is 489 g/mol. The largest absolute Gasteiger partial charge is 0.496 e. The molecule has 1 heterocycles. The second-order valence-electron chi connectivity index (χ2n) is 7.86. The van der Waals surface area contributed by atoms with Gasteiger partial charge in [0.05, 0.1) is 24.1 Å². The van der Waals surface area contributed by atoms with Gasteiger partial charge in [0.25, 0.3) is 11.6 Å². The topological polar surface area (TPSA) is 93.9 Å². The molecule has 1 aliphatic heterocycles. The van der Waals surface area contributed by atoms with E-state index in [4.69, 9.17) is 21.7 Å². The highest BCUT2D eigenvalue weighted by atomic mass is 32.1. The molecule has 1 aliphatic rings. The molecule has 8 nitrogen and oxygen atoms in total. The number of hydrogen-bond donors (Lipinski definition) is 1. The van der Waals surface area contributed by atoms with Crippen molar-refractivity contribution in [2.75, 3.05) is 7.11 Å². The highest BCUT2D eigenvalue weighted by molar-refractivity contribution is 7.80. The van der Waals surface area contributed by atoms with E-state index >= 15 is 0 Å². The molecule has 1 amide bonds. The maximum Gasteiger partial charge on any atom is 0.277 e. The van der Waals surface area contributed by atoms with E-state index in [-0.39, 0.29) is 24.2 Å². The van der Waals surface area contributed by atoms with Crippen molar-refractivity contribution in [3.05, 3.63) is 105 Å². The zero-order valence-corrected chi connectivity index (χ0v) is 20.0. The molecule has 0 radical (unpaired) electrons. The lowest BCUT2D eigenvalue weighted by atomic mass is 10.1. The standard InChI is InChI=1S/C26H23N3O5S/c1-17(19-7-4-3-5-8-19)28-25(30)23(27-26(28)35)14-18-11-12-24(33-2)20(13-18)16-34-22-10-6-9-21(15-22)29(31)32/h3-15,17H,16H2,1-2H3,(H,27,35)/b23-14-. The molecule has 9 heteroatoms. The molecule has 1 fully saturated rings. The predicted molar refractivity (Wildman–Crippen MR) is 136 cm³/mol. The van der Waals surface area contributed by atoms with E-state index in [2.05, 4.69) is 5.32 Å². The van der Waals surface area contributed by atoms with Crippen molar-refractivity contribution in [3.8, 4) is 11.5 Å². The number of amides is 1. The number of nitro benzene ring substituents is 1. The van der Waals surface area contributed by atoms with Gasteiger partial charge in [0.1, 0.15) is 23.8 Å². The number of nitrogens with zero attached hydrogens (tertiary/aromatic N) is 2. The fourth-order valence-electron chi connectivity index (χ4n) is 3.80. The first-order valence-corrected chi connectivity index (χ1v) is 11.2. The first-order valence-electron chi connectivity index (χ1n) is 10.8. The number of carbonyl (C=O) groups excluding carboxylic acids is 1. The molecule has 0 aromatic heterocycles.